The largest absolute Gasteiger partial charge is 0.398 e. The summed E-state index contributed by atoms with van der Waals surface area (Å²) in [5.41, 5.74) is 7.27. The van der Waals surface area contributed by atoms with Crippen molar-refractivity contribution in [2.24, 2.45) is 0 Å². The molecule has 1 aromatic rings. The van der Waals surface area contributed by atoms with Gasteiger partial charge in [-0.25, -0.2) is 0 Å². The first-order valence-electron chi connectivity index (χ1n) is 4.77. The molecule has 2 atom stereocenters. The molecular formula is C10H11ClN2O2. The van der Waals surface area contributed by atoms with Gasteiger partial charge >= 0.3 is 0 Å². The fourth-order valence-corrected chi connectivity index (χ4v) is 2.19. The molecule has 1 fully saturated rings. The van der Waals surface area contributed by atoms with Crippen molar-refractivity contribution in [3.63, 3.8) is 0 Å². The first-order valence-corrected chi connectivity index (χ1v) is 5.21. The molecule has 0 bridgehead atoms. The summed E-state index contributed by atoms with van der Waals surface area (Å²) in [5.74, 6) is 0.173. The smallest absolute Gasteiger partial charge is 0.269 e. The van der Waals surface area contributed by atoms with Gasteiger partial charge in [-0.3, -0.25) is 10.1 Å². The zero-order chi connectivity index (χ0) is 11.0. The summed E-state index contributed by atoms with van der Waals surface area (Å²) in [7, 11) is 0. The van der Waals surface area contributed by atoms with Gasteiger partial charge in [0.25, 0.3) is 5.69 Å². The molecular weight excluding hydrogens is 216 g/mol. The summed E-state index contributed by atoms with van der Waals surface area (Å²) in [4.78, 5) is 10.2. The van der Waals surface area contributed by atoms with Gasteiger partial charge in [0.15, 0.2) is 0 Å². The Balaban J connectivity index is 2.36. The van der Waals surface area contributed by atoms with Gasteiger partial charge in [0.05, 0.1) is 4.92 Å². The number of non-ortho nitro benzene ring substituents is 1. The monoisotopic (exact) mass is 226 g/mol. The summed E-state index contributed by atoms with van der Waals surface area (Å²) < 4.78 is 0. The van der Waals surface area contributed by atoms with E-state index in [0.717, 1.165) is 18.4 Å². The lowest BCUT2D eigenvalue weighted by atomic mass is 9.78. The highest BCUT2D eigenvalue weighted by Gasteiger charge is 2.32. The number of nitro benzene ring substituents is 1. The molecule has 0 heterocycles. The average Bonchev–Trinajstić information content (AvgIpc) is 2.18. The minimum absolute atomic E-state index is 0.0642. The van der Waals surface area contributed by atoms with Crippen molar-refractivity contribution in [2.45, 2.75) is 24.1 Å². The van der Waals surface area contributed by atoms with Crippen LogP contribution in [0.2, 0.25) is 0 Å². The van der Waals surface area contributed by atoms with E-state index in [1.807, 2.05) is 0 Å². The number of rotatable bonds is 2. The van der Waals surface area contributed by atoms with Crippen LogP contribution in [0, 0.1) is 10.1 Å². The second-order valence-corrected chi connectivity index (χ2v) is 4.33. The predicted molar refractivity (Wildman–Crippen MR) is 59.1 cm³/mol. The quantitative estimate of drug-likeness (QED) is 0.365. The van der Waals surface area contributed by atoms with Crippen molar-refractivity contribution in [2.75, 3.05) is 5.73 Å². The molecule has 1 aliphatic carbocycles. The summed E-state index contributed by atoms with van der Waals surface area (Å²) in [6, 6.07) is 4.53. The van der Waals surface area contributed by atoms with E-state index in [0.29, 0.717) is 5.69 Å². The van der Waals surface area contributed by atoms with E-state index in [1.165, 1.54) is 12.1 Å². The van der Waals surface area contributed by atoms with Gasteiger partial charge in [-0.1, -0.05) is 0 Å². The molecule has 0 aliphatic heterocycles. The predicted octanol–water partition coefficient (Wildman–Crippen LogP) is 2.66. The highest BCUT2D eigenvalue weighted by Crippen LogP contribution is 2.43. The van der Waals surface area contributed by atoms with Crippen LogP contribution in [0.15, 0.2) is 18.2 Å². The number of hydrogen-bond acceptors (Lipinski definition) is 3. The fourth-order valence-electron chi connectivity index (χ4n) is 1.81. The summed E-state index contributed by atoms with van der Waals surface area (Å²) in [6.07, 6.45) is 1.91. The number of nitrogens with two attached hydrogens (primary N) is 1. The molecule has 2 rings (SSSR count). The molecule has 1 aliphatic rings. The molecule has 15 heavy (non-hydrogen) atoms. The summed E-state index contributed by atoms with van der Waals surface area (Å²) >= 11 is 6.03. The topological polar surface area (TPSA) is 69.2 Å². The van der Waals surface area contributed by atoms with Crippen molar-refractivity contribution in [3.05, 3.63) is 33.9 Å². The van der Waals surface area contributed by atoms with E-state index in [9.17, 15) is 10.1 Å². The average molecular weight is 227 g/mol. The van der Waals surface area contributed by atoms with Crippen molar-refractivity contribution in [3.8, 4) is 0 Å². The Bertz CT molecular complexity index is 408. The van der Waals surface area contributed by atoms with Gasteiger partial charge in [-0.05, 0) is 24.5 Å². The molecule has 0 amide bonds. The Hall–Kier alpha value is -1.29. The molecule has 0 spiro atoms. The highest BCUT2D eigenvalue weighted by molar-refractivity contribution is 6.21. The summed E-state index contributed by atoms with van der Waals surface area (Å²) in [6.45, 7) is 0. The number of halogens is 1. The Morgan fingerprint density at radius 3 is 2.67 bits per heavy atom. The van der Waals surface area contributed by atoms with Crippen molar-refractivity contribution in [1.82, 2.24) is 0 Å². The van der Waals surface area contributed by atoms with E-state index in [1.54, 1.807) is 6.07 Å². The maximum Gasteiger partial charge on any atom is 0.269 e. The van der Waals surface area contributed by atoms with E-state index >= 15 is 0 Å². The van der Waals surface area contributed by atoms with Crippen molar-refractivity contribution < 1.29 is 4.92 Å². The molecule has 4 nitrogen and oxygen atoms in total. The van der Waals surface area contributed by atoms with Gasteiger partial charge in [0.1, 0.15) is 0 Å². The minimum atomic E-state index is -0.412. The minimum Gasteiger partial charge on any atom is -0.398 e. The zero-order valence-corrected chi connectivity index (χ0v) is 8.78. The number of alkyl halides is 1. The first-order chi connectivity index (χ1) is 7.09. The molecule has 80 valence electrons. The zero-order valence-electron chi connectivity index (χ0n) is 8.02. The Labute approximate surface area is 92.2 Å². The van der Waals surface area contributed by atoms with Crippen LogP contribution < -0.4 is 5.73 Å². The maximum atomic E-state index is 10.6. The SMILES string of the molecule is Nc1ccc([N+](=O)[O-])cc1C1CCC1Cl. The number of nitrogen functional groups attached to an aromatic ring is 1. The van der Waals surface area contributed by atoms with E-state index < -0.39 is 4.92 Å². The fraction of sp³-hybridized carbons (Fsp3) is 0.400. The van der Waals surface area contributed by atoms with Crippen molar-refractivity contribution in [1.29, 1.82) is 0 Å². The molecule has 5 heteroatoms. The van der Waals surface area contributed by atoms with Crippen LogP contribution in [-0.2, 0) is 0 Å². The third-order valence-corrected chi connectivity index (χ3v) is 3.39. The molecule has 1 aromatic carbocycles. The molecule has 1 saturated carbocycles. The molecule has 0 saturated heterocycles. The van der Waals surface area contributed by atoms with Crippen LogP contribution in [0.4, 0.5) is 11.4 Å². The standard InChI is InChI=1S/C10H11ClN2O2/c11-9-3-2-7(9)8-5-6(13(14)15)1-4-10(8)12/h1,4-5,7,9H,2-3,12H2. The summed E-state index contributed by atoms with van der Waals surface area (Å²) in [5, 5.41) is 10.7. The van der Waals surface area contributed by atoms with Gasteiger partial charge in [-0.2, -0.15) is 0 Å². The highest BCUT2D eigenvalue weighted by atomic mass is 35.5. The Morgan fingerprint density at radius 2 is 2.20 bits per heavy atom. The second-order valence-electron chi connectivity index (χ2n) is 3.77. The molecule has 0 aromatic heterocycles. The van der Waals surface area contributed by atoms with Gasteiger partial charge < -0.3 is 5.73 Å². The Morgan fingerprint density at radius 1 is 1.47 bits per heavy atom. The van der Waals surface area contributed by atoms with E-state index in [2.05, 4.69) is 0 Å². The molecule has 0 radical (unpaired) electrons. The molecule has 2 unspecified atom stereocenters. The number of nitro groups is 1. The first kappa shape index (κ1) is 10.2. The van der Waals surface area contributed by atoms with Gasteiger partial charge in [-0.15, -0.1) is 11.6 Å². The number of anilines is 1. The normalized spacial score (nSPS) is 24.6. The van der Waals surface area contributed by atoms with E-state index in [-0.39, 0.29) is 17.0 Å². The number of hydrogen-bond donors (Lipinski definition) is 1. The maximum absolute atomic E-state index is 10.6. The van der Waals surface area contributed by atoms with Gasteiger partial charge in [0.2, 0.25) is 0 Å². The third-order valence-electron chi connectivity index (χ3n) is 2.87. The van der Waals surface area contributed by atoms with Crippen LogP contribution in [0.1, 0.15) is 24.3 Å². The van der Waals surface area contributed by atoms with Crippen LogP contribution in [0.25, 0.3) is 0 Å². The molecule has 2 N–H and O–H groups in total. The lowest BCUT2D eigenvalue weighted by Crippen LogP contribution is -2.24. The second kappa shape index (κ2) is 3.70. The van der Waals surface area contributed by atoms with E-state index in [4.69, 9.17) is 17.3 Å². The van der Waals surface area contributed by atoms with Gasteiger partial charge in [0, 0.05) is 29.1 Å². The number of benzene rings is 1. The lowest BCUT2D eigenvalue weighted by molar-refractivity contribution is -0.384. The van der Waals surface area contributed by atoms with Crippen LogP contribution in [0.3, 0.4) is 0 Å². The van der Waals surface area contributed by atoms with Crippen LogP contribution >= 0.6 is 11.6 Å². The van der Waals surface area contributed by atoms with Crippen LogP contribution in [-0.4, -0.2) is 10.3 Å². The van der Waals surface area contributed by atoms with Crippen LogP contribution in [0.5, 0.6) is 0 Å². The lowest BCUT2D eigenvalue weighted by Gasteiger charge is -2.32. The number of nitrogens with zero attached hydrogens (tertiary/aromatic N) is 1. The Kier molecular flexibility index (Phi) is 2.52. The third kappa shape index (κ3) is 1.77. The van der Waals surface area contributed by atoms with Crippen molar-refractivity contribution >= 4 is 23.0 Å².